The summed E-state index contributed by atoms with van der Waals surface area (Å²) in [5, 5.41) is 0. The minimum atomic E-state index is 0.122. The molecule has 70 valence electrons. The van der Waals surface area contributed by atoms with Crippen molar-refractivity contribution in [1.29, 1.82) is 0 Å². The van der Waals surface area contributed by atoms with Crippen molar-refractivity contribution in [3.63, 3.8) is 0 Å². The lowest BCUT2D eigenvalue weighted by Gasteiger charge is -2.24. The zero-order chi connectivity index (χ0) is 9.42. The number of nitrogens with two attached hydrogens (primary N) is 1. The summed E-state index contributed by atoms with van der Waals surface area (Å²) in [6, 6.07) is 4.22. The van der Waals surface area contributed by atoms with E-state index in [0.717, 1.165) is 25.8 Å². The molecule has 1 atom stereocenters. The van der Waals surface area contributed by atoms with Gasteiger partial charge < -0.3 is 10.5 Å². The quantitative estimate of drug-likeness (QED) is 0.728. The Morgan fingerprint density at radius 1 is 1.54 bits per heavy atom. The number of benzene rings is 1. The van der Waals surface area contributed by atoms with Crippen molar-refractivity contribution >= 4 is 38.5 Å². The lowest BCUT2D eigenvalue weighted by Crippen LogP contribution is -2.20. The van der Waals surface area contributed by atoms with Crippen molar-refractivity contribution in [1.82, 2.24) is 0 Å². The molecule has 4 heteroatoms. The molecule has 0 unspecified atom stereocenters. The first-order valence-electron chi connectivity index (χ1n) is 4.06. The summed E-state index contributed by atoms with van der Waals surface area (Å²) >= 11 is 5.78. The van der Waals surface area contributed by atoms with Crippen molar-refractivity contribution in [2.45, 2.75) is 12.5 Å². The van der Waals surface area contributed by atoms with Gasteiger partial charge in [0, 0.05) is 21.6 Å². The van der Waals surface area contributed by atoms with Gasteiger partial charge in [0.25, 0.3) is 0 Å². The van der Waals surface area contributed by atoms with Crippen LogP contribution < -0.4 is 10.5 Å². The largest absolute Gasteiger partial charge is 0.492 e. The maximum Gasteiger partial charge on any atom is 0.139 e. The maximum atomic E-state index is 5.96. The molecule has 0 radical (unpaired) electrons. The summed E-state index contributed by atoms with van der Waals surface area (Å²) in [4.78, 5) is 0. The average Bonchev–Trinajstić information content (AvgIpc) is 2.12. The Morgan fingerprint density at radius 2 is 2.31 bits per heavy atom. The number of ether oxygens (including phenoxy) is 1. The number of halogens is 2. The van der Waals surface area contributed by atoms with Gasteiger partial charge in [-0.2, -0.15) is 0 Å². The van der Waals surface area contributed by atoms with E-state index in [1.807, 2.05) is 6.07 Å². The third kappa shape index (κ3) is 1.71. The molecular weight excluding hydrogens is 345 g/mol. The van der Waals surface area contributed by atoms with Crippen molar-refractivity contribution in [2.75, 3.05) is 6.61 Å². The van der Waals surface area contributed by atoms with Gasteiger partial charge in [0.1, 0.15) is 5.75 Å². The van der Waals surface area contributed by atoms with E-state index in [1.165, 1.54) is 0 Å². The van der Waals surface area contributed by atoms with E-state index in [1.54, 1.807) is 0 Å². The van der Waals surface area contributed by atoms with Gasteiger partial charge in [-0.1, -0.05) is 6.07 Å². The molecule has 1 heterocycles. The number of rotatable bonds is 0. The molecule has 0 aliphatic carbocycles. The highest BCUT2D eigenvalue weighted by molar-refractivity contribution is 14.1. The first-order chi connectivity index (χ1) is 6.20. The Balaban J connectivity index is 2.56. The second-order valence-electron chi connectivity index (χ2n) is 3.02. The molecular formula is C9H9BrINO. The Kier molecular flexibility index (Phi) is 2.80. The van der Waals surface area contributed by atoms with E-state index in [4.69, 9.17) is 10.5 Å². The van der Waals surface area contributed by atoms with E-state index in [0.29, 0.717) is 6.61 Å². The molecule has 0 bridgehead atoms. The molecule has 1 aromatic rings. The van der Waals surface area contributed by atoms with Crippen LogP contribution in [-0.4, -0.2) is 6.61 Å². The fraction of sp³-hybridized carbons (Fsp3) is 0.333. The minimum absolute atomic E-state index is 0.122. The summed E-state index contributed by atoms with van der Waals surface area (Å²) in [7, 11) is 0. The number of fused-ring (bicyclic) bond motifs is 1. The standard InChI is InChI=1S/C9H9BrINO/c10-8-6(11)2-1-5-7(12)3-4-13-9(5)8/h1-2,7H,3-4,12H2/t7-/m0/s1. The van der Waals surface area contributed by atoms with Crippen LogP contribution in [0.1, 0.15) is 18.0 Å². The van der Waals surface area contributed by atoms with Crippen LogP contribution in [0.25, 0.3) is 0 Å². The van der Waals surface area contributed by atoms with Gasteiger partial charge in [0.05, 0.1) is 11.1 Å². The second kappa shape index (κ2) is 3.74. The van der Waals surface area contributed by atoms with Crippen LogP contribution in [0.15, 0.2) is 16.6 Å². The third-order valence-electron chi connectivity index (χ3n) is 2.16. The summed E-state index contributed by atoms with van der Waals surface area (Å²) in [5.74, 6) is 0.922. The smallest absolute Gasteiger partial charge is 0.139 e. The van der Waals surface area contributed by atoms with Crippen LogP contribution >= 0.6 is 38.5 Å². The van der Waals surface area contributed by atoms with E-state index in [2.05, 4.69) is 44.6 Å². The summed E-state index contributed by atoms with van der Waals surface area (Å²) < 4.78 is 7.76. The van der Waals surface area contributed by atoms with Crippen LogP contribution in [0, 0.1) is 3.57 Å². The van der Waals surface area contributed by atoms with E-state index >= 15 is 0 Å². The first kappa shape index (κ1) is 9.73. The predicted molar refractivity (Wildman–Crippen MR) is 63.9 cm³/mol. The molecule has 1 aliphatic heterocycles. The van der Waals surface area contributed by atoms with E-state index in [-0.39, 0.29) is 6.04 Å². The predicted octanol–water partition coefficient (Wildman–Crippen LogP) is 2.84. The topological polar surface area (TPSA) is 35.2 Å². The highest BCUT2D eigenvalue weighted by atomic mass is 127. The Bertz CT molecular complexity index is 343. The van der Waals surface area contributed by atoms with Crippen LogP contribution in [0.4, 0.5) is 0 Å². The molecule has 0 spiro atoms. The summed E-state index contributed by atoms with van der Waals surface area (Å²) in [6.45, 7) is 0.715. The molecule has 2 rings (SSSR count). The second-order valence-corrected chi connectivity index (χ2v) is 4.98. The van der Waals surface area contributed by atoms with Gasteiger partial charge in [-0.05, 0) is 44.6 Å². The van der Waals surface area contributed by atoms with E-state index < -0.39 is 0 Å². The highest BCUT2D eigenvalue weighted by Gasteiger charge is 2.21. The fourth-order valence-corrected chi connectivity index (χ4v) is 2.33. The lowest BCUT2D eigenvalue weighted by atomic mass is 10.0. The Morgan fingerprint density at radius 3 is 3.08 bits per heavy atom. The molecule has 2 nitrogen and oxygen atoms in total. The molecule has 1 aliphatic rings. The molecule has 0 saturated heterocycles. The Hall–Kier alpha value is 0.190. The van der Waals surface area contributed by atoms with Gasteiger partial charge in [0.15, 0.2) is 0 Å². The first-order valence-corrected chi connectivity index (χ1v) is 5.93. The number of hydrogen-bond acceptors (Lipinski definition) is 2. The molecule has 2 N–H and O–H groups in total. The van der Waals surface area contributed by atoms with Crippen LogP contribution in [-0.2, 0) is 0 Å². The van der Waals surface area contributed by atoms with Gasteiger partial charge in [-0.15, -0.1) is 0 Å². The van der Waals surface area contributed by atoms with Crippen LogP contribution in [0.2, 0.25) is 0 Å². The molecule has 0 saturated carbocycles. The molecule has 0 aromatic heterocycles. The minimum Gasteiger partial charge on any atom is -0.492 e. The van der Waals surface area contributed by atoms with Gasteiger partial charge in [0.2, 0.25) is 0 Å². The fourth-order valence-electron chi connectivity index (χ4n) is 1.43. The van der Waals surface area contributed by atoms with Crippen molar-refractivity contribution < 1.29 is 4.74 Å². The maximum absolute atomic E-state index is 5.96. The zero-order valence-corrected chi connectivity index (χ0v) is 10.6. The average molecular weight is 354 g/mol. The van der Waals surface area contributed by atoms with Crippen molar-refractivity contribution in [2.24, 2.45) is 5.73 Å². The third-order valence-corrected chi connectivity index (χ3v) is 4.58. The van der Waals surface area contributed by atoms with E-state index in [9.17, 15) is 0 Å². The molecule has 0 amide bonds. The molecule has 0 fully saturated rings. The summed E-state index contributed by atoms with van der Waals surface area (Å²) in [5.41, 5.74) is 7.07. The Labute approximate surface area is 99.1 Å². The van der Waals surface area contributed by atoms with Crippen LogP contribution in [0.5, 0.6) is 5.75 Å². The molecule has 1 aromatic carbocycles. The zero-order valence-electron chi connectivity index (χ0n) is 6.89. The normalized spacial score (nSPS) is 20.7. The highest BCUT2D eigenvalue weighted by Crippen LogP contribution is 2.39. The van der Waals surface area contributed by atoms with Crippen molar-refractivity contribution in [3.05, 3.63) is 25.7 Å². The molecule has 13 heavy (non-hydrogen) atoms. The summed E-state index contributed by atoms with van der Waals surface area (Å²) in [6.07, 6.45) is 0.903. The monoisotopic (exact) mass is 353 g/mol. The van der Waals surface area contributed by atoms with Gasteiger partial charge >= 0.3 is 0 Å². The lowest BCUT2D eigenvalue weighted by molar-refractivity contribution is 0.267. The van der Waals surface area contributed by atoms with Crippen LogP contribution in [0.3, 0.4) is 0 Å². The van der Waals surface area contributed by atoms with Crippen molar-refractivity contribution in [3.8, 4) is 5.75 Å². The van der Waals surface area contributed by atoms with Gasteiger partial charge in [-0.25, -0.2) is 0 Å². The SMILES string of the molecule is N[C@H]1CCOc2c1ccc(I)c2Br. The number of hydrogen-bond donors (Lipinski definition) is 1. The van der Waals surface area contributed by atoms with Gasteiger partial charge in [-0.3, -0.25) is 0 Å².